The van der Waals surface area contributed by atoms with Gasteiger partial charge in [0, 0.05) is 5.33 Å². The summed E-state index contributed by atoms with van der Waals surface area (Å²) < 4.78 is 6.46. The van der Waals surface area contributed by atoms with Crippen LogP contribution >= 0.6 is 15.9 Å². The van der Waals surface area contributed by atoms with E-state index in [1.165, 1.54) is 37.7 Å². The lowest BCUT2D eigenvalue weighted by Crippen LogP contribution is -2.39. The fourth-order valence-electron chi connectivity index (χ4n) is 3.06. The zero-order valence-electron chi connectivity index (χ0n) is 12.1. The van der Waals surface area contributed by atoms with Crippen molar-refractivity contribution in [1.82, 2.24) is 0 Å². The fourth-order valence-corrected chi connectivity index (χ4v) is 3.75. The highest BCUT2D eigenvalue weighted by Gasteiger charge is 2.36. The van der Waals surface area contributed by atoms with Gasteiger partial charge >= 0.3 is 0 Å². The van der Waals surface area contributed by atoms with E-state index in [1.54, 1.807) is 0 Å². The highest BCUT2D eigenvalue weighted by Crippen LogP contribution is 2.40. The van der Waals surface area contributed by atoms with Crippen LogP contribution in [0, 0.1) is 5.92 Å². The van der Waals surface area contributed by atoms with Crippen LogP contribution in [0.1, 0.15) is 57.6 Å². The van der Waals surface area contributed by atoms with Crippen molar-refractivity contribution in [3.05, 3.63) is 35.9 Å². The van der Waals surface area contributed by atoms with Crippen molar-refractivity contribution in [2.75, 3.05) is 5.33 Å². The lowest BCUT2D eigenvalue weighted by molar-refractivity contribution is -0.0997. The quantitative estimate of drug-likeness (QED) is 0.650. The molecule has 0 saturated heterocycles. The molecular weight excluding hydrogens is 300 g/mol. The average Bonchev–Trinajstić information content (AvgIpc) is 2.49. The third kappa shape index (κ3) is 3.82. The van der Waals surface area contributed by atoms with Crippen LogP contribution in [0.25, 0.3) is 0 Å². The van der Waals surface area contributed by atoms with Gasteiger partial charge in [-0.2, -0.15) is 0 Å². The summed E-state index contributed by atoms with van der Waals surface area (Å²) in [7, 11) is 0. The molecular formula is C17H25BrO. The second kappa shape index (κ2) is 6.90. The highest BCUT2D eigenvalue weighted by atomic mass is 79.9. The number of alkyl halides is 1. The van der Waals surface area contributed by atoms with Crippen LogP contribution in [0.4, 0.5) is 0 Å². The molecule has 1 unspecified atom stereocenters. The van der Waals surface area contributed by atoms with Gasteiger partial charge in [0.05, 0.1) is 11.7 Å². The third-order valence-corrected chi connectivity index (χ3v) is 5.55. The Kier molecular flexibility index (Phi) is 5.47. The smallest absolute Gasteiger partial charge is 0.0804 e. The molecule has 1 aromatic carbocycles. The molecule has 1 atom stereocenters. The number of hydrogen-bond donors (Lipinski definition) is 0. The Labute approximate surface area is 125 Å². The van der Waals surface area contributed by atoms with Gasteiger partial charge in [0.2, 0.25) is 0 Å². The Morgan fingerprint density at radius 3 is 2.42 bits per heavy atom. The zero-order chi connectivity index (χ0) is 13.7. The van der Waals surface area contributed by atoms with Gasteiger partial charge < -0.3 is 4.74 Å². The molecule has 0 radical (unpaired) electrons. The van der Waals surface area contributed by atoms with Crippen molar-refractivity contribution in [2.45, 2.75) is 57.7 Å². The van der Waals surface area contributed by atoms with Crippen LogP contribution in [0.2, 0.25) is 0 Å². The van der Waals surface area contributed by atoms with E-state index < -0.39 is 0 Å². The van der Waals surface area contributed by atoms with Crippen molar-refractivity contribution in [3.63, 3.8) is 0 Å². The van der Waals surface area contributed by atoms with Crippen molar-refractivity contribution in [3.8, 4) is 0 Å². The van der Waals surface area contributed by atoms with Gasteiger partial charge in [0.15, 0.2) is 0 Å². The van der Waals surface area contributed by atoms with Gasteiger partial charge in [-0.1, -0.05) is 59.6 Å². The van der Waals surface area contributed by atoms with Gasteiger partial charge in [0.25, 0.3) is 0 Å². The second-order valence-electron chi connectivity index (χ2n) is 5.84. The predicted molar refractivity (Wildman–Crippen MR) is 84.7 cm³/mol. The molecule has 1 saturated carbocycles. The molecule has 0 heterocycles. The molecule has 106 valence electrons. The van der Waals surface area contributed by atoms with Crippen molar-refractivity contribution in [2.24, 2.45) is 5.92 Å². The maximum absolute atomic E-state index is 6.46. The molecule has 1 fully saturated rings. The Morgan fingerprint density at radius 1 is 1.26 bits per heavy atom. The summed E-state index contributed by atoms with van der Waals surface area (Å²) in [5.41, 5.74) is 1.32. The van der Waals surface area contributed by atoms with Crippen LogP contribution in [-0.4, -0.2) is 10.9 Å². The average molecular weight is 325 g/mol. The van der Waals surface area contributed by atoms with E-state index in [1.807, 2.05) is 0 Å². The normalized spacial score (nSPS) is 29.1. The summed E-state index contributed by atoms with van der Waals surface area (Å²) in [4.78, 5) is 0. The predicted octanol–water partition coefficient (Wildman–Crippen LogP) is 5.50. The summed E-state index contributed by atoms with van der Waals surface area (Å²) in [6.07, 6.45) is 6.48. The minimum Gasteiger partial charge on any atom is -0.367 e. The Balaban J connectivity index is 1.99. The van der Waals surface area contributed by atoms with E-state index in [0.29, 0.717) is 0 Å². The van der Waals surface area contributed by atoms with Crippen LogP contribution < -0.4 is 0 Å². The van der Waals surface area contributed by atoms with Crippen molar-refractivity contribution >= 4 is 15.9 Å². The molecule has 2 rings (SSSR count). The lowest BCUT2D eigenvalue weighted by Gasteiger charge is -2.40. The molecule has 1 nitrogen and oxygen atoms in total. The topological polar surface area (TPSA) is 9.23 Å². The number of ether oxygens (including phenoxy) is 1. The minimum absolute atomic E-state index is 0.0426. The van der Waals surface area contributed by atoms with E-state index in [9.17, 15) is 0 Å². The number of benzene rings is 1. The minimum atomic E-state index is 0.0426. The molecule has 1 aliphatic rings. The maximum atomic E-state index is 6.46. The van der Waals surface area contributed by atoms with E-state index >= 15 is 0 Å². The van der Waals surface area contributed by atoms with Crippen molar-refractivity contribution < 1.29 is 4.74 Å². The Bertz CT molecular complexity index is 368. The van der Waals surface area contributed by atoms with Crippen LogP contribution in [0.5, 0.6) is 0 Å². The Morgan fingerprint density at radius 2 is 1.89 bits per heavy atom. The monoisotopic (exact) mass is 324 g/mol. The largest absolute Gasteiger partial charge is 0.367 e. The number of halogens is 1. The fraction of sp³-hybridized carbons (Fsp3) is 0.647. The summed E-state index contributed by atoms with van der Waals surface area (Å²) in [5, 5.41) is 0.952. The summed E-state index contributed by atoms with van der Waals surface area (Å²) in [6.45, 7) is 4.48. The molecule has 1 aliphatic carbocycles. The SMILES string of the molecule is CCC1CCC(CBr)(OC(C)c2ccccc2)CC1. The summed E-state index contributed by atoms with van der Waals surface area (Å²) >= 11 is 3.69. The maximum Gasteiger partial charge on any atom is 0.0804 e. The molecule has 0 N–H and O–H groups in total. The van der Waals surface area contributed by atoms with Crippen LogP contribution in [0.15, 0.2) is 30.3 Å². The van der Waals surface area contributed by atoms with E-state index in [-0.39, 0.29) is 11.7 Å². The van der Waals surface area contributed by atoms with Gasteiger partial charge in [-0.05, 0) is 44.1 Å². The molecule has 19 heavy (non-hydrogen) atoms. The first-order chi connectivity index (χ1) is 9.19. The highest BCUT2D eigenvalue weighted by molar-refractivity contribution is 9.09. The molecule has 0 bridgehead atoms. The van der Waals surface area contributed by atoms with Crippen LogP contribution in [0.3, 0.4) is 0 Å². The first-order valence-electron chi connectivity index (χ1n) is 7.48. The van der Waals surface area contributed by atoms with E-state index in [0.717, 1.165) is 11.2 Å². The van der Waals surface area contributed by atoms with Gasteiger partial charge in [-0.25, -0.2) is 0 Å². The molecule has 1 aromatic rings. The second-order valence-corrected chi connectivity index (χ2v) is 6.40. The van der Waals surface area contributed by atoms with E-state index in [2.05, 4.69) is 60.1 Å². The van der Waals surface area contributed by atoms with E-state index in [4.69, 9.17) is 4.74 Å². The summed E-state index contributed by atoms with van der Waals surface area (Å²) in [6, 6.07) is 10.5. The third-order valence-electron chi connectivity index (χ3n) is 4.53. The molecule has 0 aliphatic heterocycles. The van der Waals surface area contributed by atoms with Gasteiger partial charge in [-0.3, -0.25) is 0 Å². The molecule has 0 amide bonds. The molecule has 0 spiro atoms. The molecule has 2 heteroatoms. The standard InChI is InChI=1S/C17H25BrO/c1-3-15-9-11-17(13-18,12-10-15)19-14(2)16-7-5-4-6-8-16/h4-8,14-15H,3,9-13H2,1-2H3. The summed E-state index contributed by atoms with van der Waals surface area (Å²) in [5.74, 6) is 0.905. The van der Waals surface area contributed by atoms with Crippen LogP contribution in [-0.2, 0) is 4.74 Å². The van der Waals surface area contributed by atoms with Gasteiger partial charge in [-0.15, -0.1) is 0 Å². The van der Waals surface area contributed by atoms with Crippen molar-refractivity contribution in [1.29, 1.82) is 0 Å². The number of rotatable bonds is 5. The molecule has 0 aromatic heterocycles. The zero-order valence-corrected chi connectivity index (χ0v) is 13.7. The first-order valence-corrected chi connectivity index (χ1v) is 8.60. The first kappa shape index (κ1) is 15.1. The number of hydrogen-bond acceptors (Lipinski definition) is 1. The Hall–Kier alpha value is -0.340. The van der Waals surface area contributed by atoms with Gasteiger partial charge in [0.1, 0.15) is 0 Å². The lowest BCUT2D eigenvalue weighted by atomic mass is 9.78.